The second-order valence-corrected chi connectivity index (χ2v) is 11.9. The summed E-state index contributed by atoms with van der Waals surface area (Å²) in [6.07, 6.45) is 2.26. The van der Waals surface area contributed by atoms with Crippen LogP contribution in [-0.2, 0) is 24.4 Å². The fourth-order valence-corrected chi connectivity index (χ4v) is 7.72. The number of pyridine rings is 1. The number of methoxy groups -OCH3 is 1. The summed E-state index contributed by atoms with van der Waals surface area (Å²) in [4.78, 5) is 6.48. The molecule has 34 heavy (non-hydrogen) atoms. The number of aliphatic hydroxyl groups is 1. The highest BCUT2D eigenvalue weighted by molar-refractivity contribution is 14.1. The van der Waals surface area contributed by atoms with Crippen LogP contribution in [0, 0.1) is 15.5 Å². The van der Waals surface area contributed by atoms with E-state index in [1.165, 1.54) is 13.2 Å². The lowest BCUT2D eigenvalue weighted by atomic mass is 9.73. The molecule has 1 aromatic heterocycles. The predicted molar refractivity (Wildman–Crippen MR) is 128 cm³/mol. The molecule has 1 aromatic carbocycles. The van der Waals surface area contributed by atoms with Gasteiger partial charge >= 0.3 is 20.8 Å². The Hall–Kier alpha value is -1.72. The number of piperidine rings is 3. The van der Waals surface area contributed by atoms with Crippen molar-refractivity contribution in [2.45, 2.75) is 25.0 Å². The van der Waals surface area contributed by atoms with Gasteiger partial charge in [0.2, 0.25) is 0 Å². The third-order valence-electron chi connectivity index (χ3n) is 6.59. The van der Waals surface area contributed by atoms with Crippen LogP contribution >= 0.6 is 22.6 Å². The zero-order valence-corrected chi connectivity index (χ0v) is 21.7. The summed E-state index contributed by atoms with van der Waals surface area (Å²) in [6.45, 7) is 5.38. The Morgan fingerprint density at radius 2 is 1.97 bits per heavy atom. The molecule has 0 radical (unpaired) electrons. The lowest BCUT2D eigenvalue weighted by Crippen LogP contribution is -2.54. The van der Waals surface area contributed by atoms with Gasteiger partial charge in [-0.15, -0.1) is 6.58 Å². The second kappa shape index (κ2) is 8.44. The predicted octanol–water partition coefficient (Wildman–Crippen LogP) is 2.06. The number of halogens is 1. The fourth-order valence-electron chi connectivity index (χ4n) is 5.12. The van der Waals surface area contributed by atoms with Gasteiger partial charge < -0.3 is 18.2 Å². The average Bonchev–Trinajstić information content (AvgIpc) is 2.81. The molecule has 3 saturated heterocycles. The second-order valence-electron chi connectivity index (χ2n) is 8.38. The zero-order chi connectivity index (χ0) is 24.4. The van der Waals surface area contributed by atoms with Crippen molar-refractivity contribution >= 4 is 54.3 Å². The van der Waals surface area contributed by atoms with E-state index in [9.17, 15) is 21.9 Å². The maximum atomic E-state index is 12.5. The monoisotopic (exact) mass is 624 g/mol. The van der Waals surface area contributed by atoms with Crippen molar-refractivity contribution in [3.63, 3.8) is 0 Å². The van der Waals surface area contributed by atoms with Crippen LogP contribution in [-0.4, -0.2) is 58.1 Å². The van der Waals surface area contributed by atoms with Crippen LogP contribution in [0.2, 0.25) is 0 Å². The summed E-state index contributed by atoms with van der Waals surface area (Å²) in [6, 6.07) is 2.61. The maximum Gasteiger partial charge on any atom is 0.466 e. The Bertz CT molecular complexity index is 1400. The molecule has 6 rings (SSSR count). The lowest BCUT2D eigenvalue weighted by Gasteiger charge is -2.50. The van der Waals surface area contributed by atoms with Gasteiger partial charge in [0, 0.05) is 18.2 Å². The van der Waals surface area contributed by atoms with E-state index in [-0.39, 0.29) is 43.5 Å². The molecule has 5 heterocycles. The van der Waals surface area contributed by atoms with Gasteiger partial charge in [-0.25, -0.2) is 4.98 Å². The Morgan fingerprint density at radius 3 is 2.59 bits per heavy atom. The van der Waals surface area contributed by atoms with E-state index in [0.29, 0.717) is 24.8 Å². The molecule has 1 N–H and O–H groups in total. The summed E-state index contributed by atoms with van der Waals surface area (Å²) < 4.78 is 69.4. The summed E-state index contributed by atoms with van der Waals surface area (Å²) in [5, 5.41) is 11.8. The minimum atomic E-state index is -5.13. The first-order valence-corrected chi connectivity index (χ1v) is 14.1. The molecule has 11 nitrogen and oxygen atoms in total. The van der Waals surface area contributed by atoms with Gasteiger partial charge in [-0.05, 0) is 65.9 Å². The van der Waals surface area contributed by atoms with Crippen LogP contribution in [0.3, 0.4) is 0 Å². The van der Waals surface area contributed by atoms with Crippen molar-refractivity contribution < 1.29 is 38.7 Å². The molecule has 0 aliphatic carbocycles. The van der Waals surface area contributed by atoms with Gasteiger partial charge in [0.1, 0.15) is 3.70 Å². The van der Waals surface area contributed by atoms with E-state index < -0.39 is 26.9 Å². The molecular formula is C20H21IN2O9S2. The number of aromatic nitrogens is 1. The first-order valence-electron chi connectivity index (χ1n) is 10.4. The molecule has 3 fully saturated rings. The highest BCUT2D eigenvalue weighted by Gasteiger charge is 2.45. The van der Waals surface area contributed by atoms with Crippen molar-refractivity contribution in [3.05, 3.63) is 34.1 Å². The van der Waals surface area contributed by atoms with Crippen molar-refractivity contribution in [3.8, 4) is 17.2 Å². The quantitative estimate of drug-likeness (QED) is 0.304. The summed E-state index contributed by atoms with van der Waals surface area (Å²) in [7, 11) is -8.95. The minimum absolute atomic E-state index is 0.0152. The molecule has 0 amide bonds. The van der Waals surface area contributed by atoms with Crippen LogP contribution in [0.5, 0.6) is 17.2 Å². The normalized spacial score (nSPS) is 29.9. The third kappa shape index (κ3) is 4.03. The fraction of sp³-hybridized carbons (Fsp3) is 0.450. The van der Waals surface area contributed by atoms with Crippen molar-refractivity contribution in [1.82, 2.24) is 9.88 Å². The van der Waals surface area contributed by atoms with E-state index >= 15 is 0 Å². The maximum absolute atomic E-state index is 12.5. The molecule has 184 valence electrons. The largest absolute Gasteiger partial charge is 0.493 e. The topological polar surface area (TPSA) is 142 Å². The van der Waals surface area contributed by atoms with Crippen LogP contribution in [0.4, 0.5) is 0 Å². The van der Waals surface area contributed by atoms with Gasteiger partial charge in [-0.3, -0.25) is 4.90 Å². The van der Waals surface area contributed by atoms with E-state index in [0.717, 1.165) is 13.0 Å². The number of fused-ring (bicyclic) bond motifs is 4. The number of aliphatic hydroxyl groups excluding tert-OH is 1. The molecule has 0 spiro atoms. The van der Waals surface area contributed by atoms with E-state index in [1.54, 1.807) is 28.7 Å². The molecule has 4 aliphatic rings. The molecule has 4 aliphatic heterocycles. The van der Waals surface area contributed by atoms with Gasteiger partial charge in [-0.1, -0.05) is 9.71 Å². The SMILES string of the molecule is C=C[C@H]1CN2CCC1C[C@H]2[C@H](O)c1c2c(I)nc3ccc(OC)c(c13)OS(=O)(=O)OS(=O)(=O)O2. The standard InChI is InChI=1S/C20H21IN2O9S2/c1-3-10-9-23-7-6-11(10)8-13(23)17(24)16-15-12-4-5-14(29-2)18(15)30-33(25,26)32-34(27,28)31-19(16)20(21)22-12/h3-5,10-11,13,17,24H,1,6-9H2,2H3/t10-,11?,13-,17-/m0/s1. The van der Waals surface area contributed by atoms with Crippen molar-refractivity contribution in [1.29, 1.82) is 0 Å². The molecule has 4 bridgehead atoms. The van der Waals surface area contributed by atoms with E-state index in [1.807, 2.05) is 6.08 Å². The molecular weight excluding hydrogens is 603 g/mol. The van der Waals surface area contributed by atoms with Gasteiger partial charge in [0.05, 0.1) is 24.1 Å². The van der Waals surface area contributed by atoms with Gasteiger partial charge in [0.25, 0.3) is 0 Å². The average molecular weight is 624 g/mol. The van der Waals surface area contributed by atoms with Crippen LogP contribution in [0.1, 0.15) is 24.5 Å². The summed E-state index contributed by atoms with van der Waals surface area (Å²) >= 11 is 1.77. The van der Waals surface area contributed by atoms with Gasteiger partial charge in [-0.2, -0.15) is 16.8 Å². The molecule has 2 aromatic rings. The number of ether oxygens (including phenoxy) is 1. The first kappa shape index (κ1) is 24.0. The van der Waals surface area contributed by atoms with Crippen LogP contribution < -0.4 is 13.1 Å². The van der Waals surface area contributed by atoms with Gasteiger partial charge in [0.15, 0.2) is 17.2 Å². The van der Waals surface area contributed by atoms with Crippen LogP contribution in [0.25, 0.3) is 10.9 Å². The number of nitrogens with zero attached hydrogens (tertiary/aromatic N) is 2. The molecule has 5 atom stereocenters. The van der Waals surface area contributed by atoms with E-state index in [4.69, 9.17) is 13.1 Å². The molecule has 2 unspecified atom stereocenters. The smallest absolute Gasteiger partial charge is 0.466 e. The molecule has 14 heteroatoms. The van der Waals surface area contributed by atoms with E-state index in [2.05, 4.69) is 20.1 Å². The Kier molecular flexibility index (Phi) is 5.96. The Morgan fingerprint density at radius 1 is 1.26 bits per heavy atom. The number of hydrogen-bond donors (Lipinski definition) is 1. The Labute approximate surface area is 210 Å². The minimum Gasteiger partial charge on any atom is -0.493 e. The number of rotatable bonds is 4. The highest BCUT2D eigenvalue weighted by Crippen LogP contribution is 2.49. The first-order chi connectivity index (χ1) is 16.0. The highest BCUT2D eigenvalue weighted by atomic mass is 127. The third-order valence-corrected chi connectivity index (χ3v) is 9.40. The lowest BCUT2D eigenvalue weighted by molar-refractivity contribution is -0.0448. The molecule has 0 saturated carbocycles. The summed E-state index contributed by atoms with van der Waals surface area (Å²) in [5.41, 5.74) is 0.302. The zero-order valence-electron chi connectivity index (χ0n) is 17.9. The van der Waals surface area contributed by atoms with Crippen molar-refractivity contribution in [2.24, 2.45) is 11.8 Å². The number of hydrogen-bond acceptors (Lipinski definition) is 11. The number of benzene rings is 1. The van der Waals surface area contributed by atoms with Crippen molar-refractivity contribution in [2.75, 3.05) is 20.2 Å². The summed E-state index contributed by atoms with van der Waals surface area (Å²) in [5.74, 6) is -0.0774. The van der Waals surface area contributed by atoms with Crippen LogP contribution in [0.15, 0.2) is 24.8 Å². The Balaban J connectivity index is 1.78.